The Morgan fingerprint density at radius 3 is 2.60 bits per heavy atom. The molecule has 0 N–H and O–H groups in total. The number of ether oxygens (including phenoxy) is 4. The number of aryl methyl sites for hydroxylation is 1. The van der Waals surface area contributed by atoms with Crippen molar-refractivity contribution >= 4 is 29.1 Å². The van der Waals surface area contributed by atoms with Crippen molar-refractivity contribution in [3.63, 3.8) is 0 Å². The Morgan fingerprint density at radius 2 is 1.88 bits per heavy atom. The van der Waals surface area contributed by atoms with E-state index in [0.717, 1.165) is 28.0 Å². The number of nitrogens with zero attached hydrogens (tertiary/aromatic N) is 2. The zero-order valence-electron chi connectivity index (χ0n) is 24.7. The van der Waals surface area contributed by atoms with Gasteiger partial charge in [0.15, 0.2) is 16.3 Å². The van der Waals surface area contributed by atoms with Crippen LogP contribution >= 0.6 is 11.3 Å². The lowest BCUT2D eigenvalue weighted by Gasteiger charge is -2.26. The Balaban J connectivity index is 1.63. The van der Waals surface area contributed by atoms with E-state index in [4.69, 9.17) is 23.9 Å². The van der Waals surface area contributed by atoms with Gasteiger partial charge in [-0.2, -0.15) is 0 Å². The molecule has 0 saturated carbocycles. The van der Waals surface area contributed by atoms with Crippen molar-refractivity contribution in [1.82, 2.24) is 4.57 Å². The molecular formula is C34H32N2O6S. The summed E-state index contributed by atoms with van der Waals surface area (Å²) in [7, 11) is 1.67. The fourth-order valence-corrected chi connectivity index (χ4v) is 6.47. The molecule has 9 heteroatoms. The van der Waals surface area contributed by atoms with E-state index in [1.54, 1.807) is 24.7 Å². The van der Waals surface area contributed by atoms with Gasteiger partial charge < -0.3 is 18.9 Å². The van der Waals surface area contributed by atoms with Crippen LogP contribution in [0, 0.1) is 6.92 Å². The van der Waals surface area contributed by atoms with Crippen LogP contribution in [-0.2, 0) is 9.53 Å². The van der Waals surface area contributed by atoms with E-state index in [-0.39, 0.29) is 30.5 Å². The molecule has 2 aliphatic rings. The monoisotopic (exact) mass is 596 g/mol. The smallest absolute Gasteiger partial charge is 0.338 e. The van der Waals surface area contributed by atoms with Crippen molar-refractivity contribution in [2.24, 2.45) is 4.99 Å². The van der Waals surface area contributed by atoms with Crippen LogP contribution in [0.4, 0.5) is 0 Å². The fraction of sp³-hybridized carbons (Fsp3) is 0.265. The molecule has 0 fully saturated rings. The highest BCUT2D eigenvalue weighted by Crippen LogP contribution is 2.40. The van der Waals surface area contributed by atoms with Crippen molar-refractivity contribution < 1.29 is 23.7 Å². The molecule has 0 aliphatic carbocycles. The molecule has 43 heavy (non-hydrogen) atoms. The van der Waals surface area contributed by atoms with Crippen LogP contribution in [-0.4, -0.2) is 31.0 Å². The predicted molar refractivity (Wildman–Crippen MR) is 165 cm³/mol. The lowest BCUT2D eigenvalue weighted by Crippen LogP contribution is -2.40. The molecule has 1 aromatic heterocycles. The first-order valence-electron chi connectivity index (χ1n) is 14.2. The van der Waals surface area contributed by atoms with Gasteiger partial charge in [-0.05, 0) is 72.4 Å². The average molecular weight is 597 g/mol. The Morgan fingerprint density at radius 1 is 1.12 bits per heavy atom. The second kappa shape index (κ2) is 11.6. The minimum absolute atomic E-state index is 0.108. The summed E-state index contributed by atoms with van der Waals surface area (Å²) in [4.78, 5) is 33.4. The molecule has 6 rings (SSSR count). The molecule has 0 radical (unpaired) electrons. The van der Waals surface area contributed by atoms with Gasteiger partial charge in [-0.3, -0.25) is 9.36 Å². The number of thiazole rings is 1. The van der Waals surface area contributed by atoms with Gasteiger partial charge >= 0.3 is 5.97 Å². The summed E-state index contributed by atoms with van der Waals surface area (Å²) in [5.41, 5.74) is 4.90. The van der Waals surface area contributed by atoms with Crippen molar-refractivity contribution in [2.75, 3.05) is 20.5 Å². The van der Waals surface area contributed by atoms with Gasteiger partial charge in [-0.1, -0.05) is 61.6 Å². The number of carbonyl (C=O) groups is 1. The van der Waals surface area contributed by atoms with Crippen LogP contribution in [0.25, 0.3) is 11.8 Å². The summed E-state index contributed by atoms with van der Waals surface area (Å²) in [5, 5.41) is 0. The highest BCUT2D eigenvalue weighted by molar-refractivity contribution is 7.07. The van der Waals surface area contributed by atoms with Crippen molar-refractivity contribution in [3.05, 3.63) is 114 Å². The van der Waals surface area contributed by atoms with Gasteiger partial charge in [-0.25, -0.2) is 9.79 Å². The predicted octanol–water partition coefficient (Wildman–Crippen LogP) is 5.10. The first-order chi connectivity index (χ1) is 20.8. The average Bonchev–Trinajstić information content (AvgIpc) is 3.60. The number of fused-ring (bicyclic) bond motifs is 2. The van der Waals surface area contributed by atoms with Crippen LogP contribution in [0.15, 0.2) is 76.0 Å². The summed E-state index contributed by atoms with van der Waals surface area (Å²) in [6, 6.07) is 18.2. The van der Waals surface area contributed by atoms with E-state index in [1.165, 1.54) is 11.3 Å². The second-order valence-corrected chi connectivity index (χ2v) is 11.7. The van der Waals surface area contributed by atoms with Gasteiger partial charge in [0.25, 0.3) is 5.56 Å². The summed E-state index contributed by atoms with van der Waals surface area (Å²) in [6.07, 6.45) is 1.90. The molecule has 3 aromatic carbocycles. The number of aromatic nitrogens is 1. The van der Waals surface area contributed by atoms with E-state index in [9.17, 15) is 9.59 Å². The van der Waals surface area contributed by atoms with E-state index < -0.39 is 12.0 Å². The summed E-state index contributed by atoms with van der Waals surface area (Å²) in [5.74, 6) is 1.68. The minimum Gasteiger partial charge on any atom is -0.496 e. The fourth-order valence-electron chi connectivity index (χ4n) is 5.48. The topological polar surface area (TPSA) is 88.4 Å². The number of rotatable bonds is 7. The summed E-state index contributed by atoms with van der Waals surface area (Å²) in [6.45, 7) is 8.26. The van der Waals surface area contributed by atoms with Gasteiger partial charge in [0.2, 0.25) is 6.79 Å². The molecule has 0 unspecified atom stereocenters. The number of esters is 1. The van der Waals surface area contributed by atoms with Gasteiger partial charge in [0.1, 0.15) is 5.75 Å². The van der Waals surface area contributed by atoms with Crippen molar-refractivity contribution in [2.45, 2.75) is 39.7 Å². The second-order valence-electron chi connectivity index (χ2n) is 10.6. The Kier molecular flexibility index (Phi) is 7.66. The Hall–Kier alpha value is -4.63. The quantitative estimate of drug-likeness (QED) is 0.276. The number of carbonyl (C=O) groups excluding carboxylic acids is 1. The maximum atomic E-state index is 14.3. The largest absolute Gasteiger partial charge is 0.496 e. The highest BCUT2D eigenvalue weighted by Gasteiger charge is 2.36. The molecule has 0 bridgehead atoms. The molecule has 220 valence electrons. The number of hydrogen-bond acceptors (Lipinski definition) is 8. The van der Waals surface area contributed by atoms with Crippen molar-refractivity contribution in [3.8, 4) is 17.2 Å². The first-order valence-corrected chi connectivity index (χ1v) is 15.0. The molecule has 2 aliphatic heterocycles. The molecule has 0 saturated heterocycles. The standard InChI is InChI=1S/C34H32N2O6S/c1-6-40-33(38)29-30(21-10-8-7-9-11-21)35-34-36(31(29)22-12-13-25-27(16-22)42-18-41-25)32(37)28(43-34)17-23-15-24(19(2)3)26(39-5)14-20(23)4/h7-17,19,31H,6,18H2,1-5H3/b28-17+/t31-/m0/s1. The number of benzene rings is 3. The number of hydrogen-bond donors (Lipinski definition) is 0. The van der Waals surface area contributed by atoms with E-state index in [2.05, 4.69) is 19.9 Å². The molecule has 0 amide bonds. The maximum absolute atomic E-state index is 14.3. The molecule has 4 aromatic rings. The Bertz CT molecular complexity index is 1940. The van der Waals surface area contributed by atoms with Gasteiger partial charge in [-0.15, -0.1) is 0 Å². The van der Waals surface area contributed by atoms with Crippen LogP contribution in [0.2, 0.25) is 0 Å². The maximum Gasteiger partial charge on any atom is 0.338 e. The molecular weight excluding hydrogens is 564 g/mol. The van der Waals surface area contributed by atoms with Gasteiger partial charge in [0, 0.05) is 5.56 Å². The van der Waals surface area contributed by atoms with Gasteiger partial charge in [0.05, 0.1) is 35.6 Å². The number of methoxy groups -OCH3 is 1. The summed E-state index contributed by atoms with van der Waals surface area (Å²) < 4.78 is 24.5. The molecule has 1 atom stereocenters. The zero-order valence-corrected chi connectivity index (χ0v) is 25.5. The zero-order chi connectivity index (χ0) is 30.2. The van der Waals surface area contributed by atoms with Crippen LogP contribution in [0.1, 0.15) is 60.5 Å². The first kappa shape index (κ1) is 28.5. The molecule has 0 spiro atoms. The molecule has 3 heterocycles. The minimum atomic E-state index is -0.801. The van der Waals surface area contributed by atoms with Crippen LogP contribution in [0.3, 0.4) is 0 Å². The highest BCUT2D eigenvalue weighted by atomic mass is 32.1. The van der Waals surface area contributed by atoms with Crippen molar-refractivity contribution in [1.29, 1.82) is 0 Å². The summed E-state index contributed by atoms with van der Waals surface area (Å²) >= 11 is 1.29. The van der Waals surface area contributed by atoms with E-state index >= 15 is 0 Å². The van der Waals surface area contributed by atoms with E-state index in [0.29, 0.717) is 32.1 Å². The Labute approximate surface area is 253 Å². The lowest BCUT2D eigenvalue weighted by molar-refractivity contribution is -0.138. The normalized spacial score (nSPS) is 15.9. The third kappa shape index (κ3) is 5.14. The van der Waals surface area contributed by atoms with Crippen LogP contribution < -0.4 is 29.1 Å². The SMILES string of the molecule is CCOC(=O)C1=C(c2ccccc2)N=c2s/c(=C/c3cc(C(C)C)c(OC)cc3C)c(=O)n2[C@H]1c1ccc2c(c1)OCO2. The lowest BCUT2D eigenvalue weighted by atomic mass is 9.93. The molecule has 8 nitrogen and oxygen atoms in total. The third-order valence-electron chi connectivity index (χ3n) is 7.61. The van der Waals surface area contributed by atoms with E-state index in [1.807, 2.05) is 61.5 Å². The third-order valence-corrected chi connectivity index (χ3v) is 8.60. The van der Waals surface area contributed by atoms with Crippen LogP contribution in [0.5, 0.6) is 17.2 Å².